The minimum absolute atomic E-state index is 0.114. The van der Waals surface area contributed by atoms with Gasteiger partial charge < -0.3 is 4.74 Å². The number of alkyl halides is 3. The molecule has 2 aromatic rings. The van der Waals surface area contributed by atoms with Gasteiger partial charge >= 0.3 is 11.9 Å². The summed E-state index contributed by atoms with van der Waals surface area (Å²) in [7, 11) is 0. The molecule has 0 saturated carbocycles. The standard InChI is InChI=1S/C17H8F3N3O3/c18-17(19,20)13-3-6-16(15(8-13)23(24)25)26-14-4-1-11(2-5-14)7-12(9-21)10-22/h1-8H. The SMILES string of the molecule is N#CC(C#N)=Cc1ccc(Oc2ccc(C(F)(F)F)cc2[N+](=O)[O-])cc1. The average molecular weight is 359 g/mol. The number of hydrogen-bond acceptors (Lipinski definition) is 5. The molecule has 0 heterocycles. The maximum Gasteiger partial charge on any atom is 0.416 e. The van der Waals surface area contributed by atoms with Crippen molar-refractivity contribution in [1.29, 1.82) is 10.5 Å². The molecule has 2 rings (SSSR count). The lowest BCUT2D eigenvalue weighted by molar-refractivity contribution is -0.385. The van der Waals surface area contributed by atoms with Crippen molar-refractivity contribution in [3.05, 3.63) is 69.3 Å². The molecule has 0 amide bonds. The molecule has 0 bridgehead atoms. The van der Waals surface area contributed by atoms with Crippen molar-refractivity contribution in [3.63, 3.8) is 0 Å². The normalized spacial score (nSPS) is 10.3. The van der Waals surface area contributed by atoms with Crippen LogP contribution in [-0.4, -0.2) is 4.92 Å². The second-order valence-corrected chi connectivity index (χ2v) is 4.89. The Labute approximate surface area is 145 Å². The fourth-order valence-electron chi connectivity index (χ4n) is 1.94. The van der Waals surface area contributed by atoms with E-state index in [1.165, 1.54) is 30.3 Å². The van der Waals surface area contributed by atoms with Crippen LogP contribution in [0.2, 0.25) is 0 Å². The lowest BCUT2D eigenvalue weighted by Crippen LogP contribution is -2.06. The molecule has 0 aromatic heterocycles. The number of nitro benzene ring substituents is 1. The maximum absolute atomic E-state index is 12.7. The first-order chi connectivity index (χ1) is 12.2. The Morgan fingerprint density at radius 2 is 1.73 bits per heavy atom. The molecule has 0 spiro atoms. The molecule has 0 radical (unpaired) electrons. The number of benzene rings is 2. The van der Waals surface area contributed by atoms with Crippen LogP contribution in [0.1, 0.15) is 11.1 Å². The van der Waals surface area contributed by atoms with E-state index in [0.29, 0.717) is 17.7 Å². The van der Waals surface area contributed by atoms with Crippen LogP contribution in [0.5, 0.6) is 11.5 Å². The van der Waals surface area contributed by atoms with Crippen LogP contribution in [0.3, 0.4) is 0 Å². The third-order valence-electron chi connectivity index (χ3n) is 3.14. The summed E-state index contributed by atoms with van der Waals surface area (Å²) in [5.41, 5.74) is -1.58. The zero-order chi connectivity index (χ0) is 19.3. The highest BCUT2D eigenvalue weighted by molar-refractivity contribution is 5.62. The Hall–Kier alpha value is -3.85. The maximum atomic E-state index is 12.7. The van der Waals surface area contributed by atoms with Crippen LogP contribution in [0.4, 0.5) is 18.9 Å². The summed E-state index contributed by atoms with van der Waals surface area (Å²) in [6, 6.07) is 11.1. The van der Waals surface area contributed by atoms with Crippen LogP contribution in [0.25, 0.3) is 6.08 Å². The predicted molar refractivity (Wildman–Crippen MR) is 83.8 cm³/mol. The first-order valence-corrected chi connectivity index (χ1v) is 6.90. The molecule has 0 N–H and O–H groups in total. The fourth-order valence-corrected chi connectivity index (χ4v) is 1.94. The summed E-state index contributed by atoms with van der Waals surface area (Å²) < 4.78 is 43.3. The minimum atomic E-state index is -4.71. The predicted octanol–water partition coefficient (Wildman–Crippen LogP) is 4.84. The molecule has 0 aliphatic carbocycles. The summed E-state index contributed by atoms with van der Waals surface area (Å²) in [4.78, 5) is 10.1. The minimum Gasteiger partial charge on any atom is -0.450 e. The second-order valence-electron chi connectivity index (χ2n) is 4.89. The summed E-state index contributed by atoms with van der Waals surface area (Å²) in [6.45, 7) is 0. The Balaban J connectivity index is 2.31. The van der Waals surface area contributed by atoms with Crippen molar-refractivity contribution in [2.45, 2.75) is 6.18 Å². The zero-order valence-electron chi connectivity index (χ0n) is 12.8. The van der Waals surface area contributed by atoms with Crippen molar-refractivity contribution in [2.75, 3.05) is 0 Å². The molecule has 0 saturated heterocycles. The zero-order valence-corrected chi connectivity index (χ0v) is 12.8. The number of nitro groups is 1. The lowest BCUT2D eigenvalue weighted by Gasteiger charge is -2.10. The molecule has 130 valence electrons. The van der Waals surface area contributed by atoms with Gasteiger partial charge in [-0.05, 0) is 35.9 Å². The van der Waals surface area contributed by atoms with Crippen LogP contribution in [0.15, 0.2) is 48.0 Å². The monoisotopic (exact) mass is 359 g/mol. The third kappa shape index (κ3) is 4.36. The molecule has 0 aliphatic rings. The Bertz CT molecular complexity index is 936. The van der Waals surface area contributed by atoms with Gasteiger partial charge in [-0.1, -0.05) is 12.1 Å². The van der Waals surface area contributed by atoms with E-state index in [1.54, 1.807) is 12.1 Å². The van der Waals surface area contributed by atoms with Gasteiger partial charge in [-0.2, -0.15) is 23.7 Å². The van der Waals surface area contributed by atoms with E-state index in [0.717, 1.165) is 6.07 Å². The molecule has 0 unspecified atom stereocenters. The number of hydrogen-bond donors (Lipinski definition) is 0. The summed E-state index contributed by atoms with van der Waals surface area (Å²) >= 11 is 0. The number of nitrogens with zero attached hydrogens (tertiary/aromatic N) is 3. The Morgan fingerprint density at radius 1 is 1.12 bits per heavy atom. The van der Waals surface area contributed by atoms with E-state index in [4.69, 9.17) is 15.3 Å². The number of allylic oxidation sites excluding steroid dienone is 1. The highest BCUT2D eigenvalue weighted by Gasteiger charge is 2.33. The fraction of sp³-hybridized carbons (Fsp3) is 0.0588. The van der Waals surface area contributed by atoms with Crippen molar-refractivity contribution in [2.24, 2.45) is 0 Å². The largest absolute Gasteiger partial charge is 0.450 e. The van der Waals surface area contributed by atoms with Crippen molar-refractivity contribution >= 4 is 11.8 Å². The number of halogens is 3. The number of rotatable bonds is 4. The van der Waals surface area contributed by atoms with Gasteiger partial charge in [-0.3, -0.25) is 10.1 Å². The second kappa shape index (κ2) is 7.36. The molecule has 26 heavy (non-hydrogen) atoms. The van der Waals surface area contributed by atoms with Crippen molar-refractivity contribution in [3.8, 4) is 23.6 Å². The number of ether oxygens (including phenoxy) is 1. The Kier molecular flexibility index (Phi) is 5.24. The van der Waals surface area contributed by atoms with E-state index in [1.807, 2.05) is 0 Å². The molecular weight excluding hydrogens is 351 g/mol. The molecule has 0 aliphatic heterocycles. The molecule has 9 heteroatoms. The van der Waals surface area contributed by atoms with Crippen LogP contribution in [0, 0.1) is 32.8 Å². The molecule has 0 fully saturated rings. The average Bonchev–Trinajstić information content (AvgIpc) is 2.60. The van der Waals surface area contributed by atoms with Crippen LogP contribution >= 0.6 is 0 Å². The van der Waals surface area contributed by atoms with Gasteiger partial charge in [0.25, 0.3) is 0 Å². The van der Waals surface area contributed by atoms with Gasteiger partial charge in [0.05, 0.1) is 10.5 Å². The topological polar surface area (TPSA) is 100.0 Å². The quantitative estimate of drug-likeness (QED) is 0.442. The van der Waals surface area contributed by atoms with Crippen molar-refractivity contribution in [1.82, 2.24) is 0 Å². The third-order valence-corrected chi connectivity index (χ3v) is 3.14. The molecule has 2 aromatic carbocycles. The van der Waals surface area contributed by atoms with E-state index in [2.05, 4.69) is 0 Å². The van der Waals surface area contributed by atoms with E-state index >= 15 is 0 Å². The van der Waals surface area contributed by atoms with Gasteiger partial charge in [-0.15, -0.1) is 0 Å². The lowest BCUT2D eigenvalue weighted by atomic mass is 10.1. The molecule has 6 nitrogen and oxygen atoms in total. The summed E-state index contributed by atoms with van der Waals surface area (Å²) in [6.07, 6.45) is -3.39. The van der Waals surface area contributed by atoms with Gasteiger partial charge in [0.15, 0.2) is 0 Å². The van der Waals surface area contributed by atoms with Gasteiger partial charge in [0.2, 0.25) is 5.75 Å². The summed E-state index contributed by atoms with van der Waals surface area (Å²) in [5, 5.41) is 28.4. The number of nitriles is 2. The molecular formula is C17H8F3N3O3. The molecule has 0 atom stereocenters. The smallest absolute Gasteiger partial charge is 0.416 e. The summed E-state index contributed by atoms with van der Waals surface area (Å²) in [5.74, 6) is -0.207. The van der Waals surface area contributed by atoms with Gasteiger partial charge in [-0.25, -0.2) is 0 Å². The highest BCUT2D eigenvalue weighted by Crippen LogP contribution is 2.37. The highest BCUT2D eigenvalue weighted by atomic mass is 19.4. The van der Waals surface area contributed by atoms with Crippen molar-refractivity contribution < 1.29 is 22.8 Å². The van der Waals surface area contributed by atoms with E-state index in [-0.39, 0.29) is 17.1 Å². The van der Waals surface area contributed by atoms with Gasteiger partial charge in [0.1, 0.15) is 23.5 Å². The van der Waals surface area contributed by atoms with E-state index in [9.17, 15) is 23.3 Å². The Morgan fingerprint density at radius 3 is 2.23 bits per heavy atom. The van der Waals surface area contributed by atoms with Crippen LogP contribution < -0.4 is 4.74 Å². The first-order valence-electron chi connectivity index (χ1n) is 6.90. The first kappa shape index (κ1) is 18.5. The van der Waals surface area contributed by atoms with Gasteiger partial charge in [0, 0.05) is 6.07 Å². The van der Waals surface area contributed by atoms with E-state index < -0.39 is 22.4 Å². The van der Waals surface area contributed by atoms with Crippen LogP contribution in [-0.2, 0) is 6.18 Å².